The van der Waals surface area contributed by atoms with Crippen molar-refractivity contribution in [3.05, 3.63) is 45.8 Å². The molecule has 0 aliphatic heterocycles. The zero-order chi connectivity index (χ0) is 14.3. The van der Waals surface area contributed by atoms with Crippen LogP contribution >= 0.6 is 11.3 Å². The van der Waals surface area contributed by atoms with E-state index in [4.69, 9.17) is 0 Å². The molecule has 0 spiro atoms. The summed E-state index contributed by atoms with van der Waals surface area (Å²) in [5.41, 5.74) is 5.13. The Morgan fingerprint density at radius 2 is 1.90 bits per heavy atom. The van der Waals surface area contributed by atoms with Gasteiger partial charge in [-0.05, 0) is 43.5 Å². The summed E-state index contributed by atoms with van der Waals surface area (Å²) < 4.78 is 0. The number of H-pyrrole nitrogens is 1. The Balaban J connectivity index is 2.33. The van der Waals surface area contributed by atoms with Gasteiger partial charge in [-0.15, -0.1) is 11.3 Å². The lowest BCUT2D eigenvalue weighted by Gasteiger charge is -1.99. The SMILES string of the molecule is CCc1ccc(-c2[nH]c3c(C)ccc(C)c3c2C=O)s1. The summed E-state index contributed by atoms with van der Waals surface area (Å²) in [5.74, 6) is 0. The van der Waals surface area contributed by atoms with Gasteiger partial charge in [0.1, 0.15) is 0 Å². The maximum atomic E-state index is 11.6. The lowest BCUT2D eigenvalue weighted by atomic mass is 10.0. The summed E-state index contributed by atoms with van der Waals surface area (Å²) in [6.45, 7) is 6.27. The van der Waals surface area contributed by atoms with Gasteiger partial charge in [-0.2, -0.15) is 0 Å². The van der Waals surface area contributed by atoms with Gasteiger partial charge in [0.15, 0.2) is 6.29 Å². The van der Waals surface area contributed by atoms with E-state index in [0.29, 0.717) is 0 Å². The molecule has 2 heterocycles. The summed E-state index contributed by atoms with van der Waals surface area (Å²) in [6.07, 6.45) is 2.01. The van der Waals surface area contributed by atoms with Gasteiger partial charge in [0.2, 0.25) is 0 Å². The topological polar surface area (TPSA) is 32.9 Å². The molecule has 102 valence electrons. The highest BCUT2D eigenvalue weighted by molar-refractivity contribution is 7.15. The number of hydrogen-bond donors (Lipinski definition) is 1. The van der Waals surface area contributed by atoms with Crippen molar-refractivity contribution in [1.29, 1.82) is 0 Å². The predicted molar refractivity (Wildman–Crippen MR) is 85.9 cm³/mol. The molecule has 0 fully saturated rings. The van der Waals surface area contributed by atoms with Crippen molar-refractivity contribution in [2.24, 2.45) is 0 Å². The van der Waals surface area contributed by atoms with E-state index in [9.17, 15) is 4.79 Å². The summed E-state index contributed by atoms with van der Waals surface area (Å²) in [7, 11) is 0. The Kier molecular flexibility index (Phi) is 3.22. The summed E-state index contributed by atoms with van der Waals surface area (Å²) in [4.78, 5) is 17.5. The molecular formula is C17H17NOS. The fraction of sp³-hybridized carbons (Fsp3) is 0.235. The van der Waals surface area contributed by atoms with E-state index in [2.05, 4.69) is 50.0 Å². The molecule has 0 aliphatic rings. The first-order chi connectivity index (χ1) is 9.65. The molecule has 0 atom stereocenters. The maximum Gasteiger partial charge on any atom is 0.152 e. The van der Waals surface area contributed by atoms with E-state index >= 15 is 0 Å². The van der Waals surface area contributed by atoms with E-state index < -0.39 is 0 Å². The normalized spacial score (nSPS) is 11.2. The van der Waals surface area contributed by atoms with Crippen molar-refractivity contribution < 1.29 is 4.79 Å². The number of aromatic nitrogens is 1. The fourth-order valence-corrected chi connectivity index (χ4v) is 3.61. The predicted octanol–water partition coefficient (Wildman–Crippen LogP) is 4.89. The minimum atomic E-state index is 0.783. The molecule has 1 aromatic carbocycles. The molecule has 3 aromatic rings. The number of carbonyl (C=O) groups excluding carboxylic acids is 1. The Bertz CT molecular complexity index is 795. The fourth-order valence-electron chi connectivity index (χ4n) is 2.65. The Morgan fingerprint density at radius 1 is 1.15 bits per heavy atom. The first-order valence-electron chi connectivity index (χ1n) is 6.81. The third kappa shape index (κ3) is 1.90. The number of aromatic amines is 1. The van der Waals surface area contributed by atoms with Crippen LogP contribution in [0.5, 0.6) is 0 Å². The number of carbonyl (C=O) groups is 1. The van der Waals surface area contributed by atoms with Gasteiger partial charge < -0.3 is 4.98 Å². The van der Waals surface area contributed by atoms with Crippen LogP contribution in [0.1, 0.15) is 33.3 Å². The first kappa shape index (κ1) is 13.1. The summed E-state index contributed by atoms with van der Waals surface area (Å²) in [5, 5.41) is 1.06. The number of aldehydes is 1. The molecule has 0 amide bonds. The monoisotopic (exact) mass is 283 g/mol. The van der Waals surface area contributed by atoms with Crippen LogP contribution in [0.25, 0.3) is 21.5 Å². The third-order valence-corrected chi connectivity index (χ3v) is 5.03. The zero-order valence-electron chi connectivity index (χ0n) is 11.9. The van der Waals surface area contributed by atoms with Gasteiger partial charge in [0, 0.05) is 21.3 Å². The highest BCUT2D eigenvalue weighted by atomic mass is 32.1. The Hall–Kier alpha value is -1.87. The van der Waals surface area contributed by atoms with Crippen LogP contribution < -0.4 is 0 Å². The molecule has 0 saturated carbocycles. The van der Waals surface area contributed by atoms with Crippen molar-refractivity contribution in [2.45, 2.75) is 27.2 Å². The van der Waals surface area contributed by atoms with Crippen LogP contribution in [0, 0.1) is 13.8 Å². The second-order valence-electron chi connectivity index (χ2n) is 5.10. The van der Waals surface area contributed by atoms with Crippen molar-refractivity contribution >= 4 is 28.5 Å². The van der Waals surface area contributed by atoms with E-state index in [-0.39, 0.29) is 0 Å². The number of fused-ring (bicyclic) bond motifs is 1. The van der Waals surface area contributed by atoms with Crippen molar-refractivity contribution in [3.8, 4) is 10.6 Å². The highest BCUT2D eigenvalue weighted by Gasteiger charge is 2.16. The third-order valence-electron chi connectivity index (χ3n) is 3.79. The first-order valence-corrected chi connectivity index (χ1v) is 7.63. The average Bonchev–Trinajstić information content (AvgIpc) is 3.06. The summed E-state index contributed by atoms with van der Waals surface area (Å²) in [6, 6.07) is 8.41. The standard InChI is InChI=1S/C17H17NOS/c1-4-12-7-8-14(20-12)17-13(9-19)15-10(2)5-6-11(3)16(15)18-17/h5-9,18H,4H2,1-3H3. The smallest absolute Gasteiger partial charge is 0.152 e. The number of rotatable bonds is 3. The molecule has 0 saturated heterocycles. The number of nitrogens with one attached hydrogen (secondary N) is 1. The maximum absolute atomic E-state index is 11.6. The van der Waals surface area contributed by atoms with E-state index in [0.717, 1.165) is 45.3 Å². The van der Waals surface area contributed by atoms with Gasteiger partial charge >= 0.3 is 0 Å². The summed E-state index contributed by atoms with van der Waals surface area (Å²) >= 11 is 1.75. The minimum absolute atomic E-state index is 0.783. The molecule has 2 aromatic heterocycles. The highest BCUT2D eigenvalue weighted by Crippen LogP contribution is 2.36. The van der Waals surface area contributed by atoms with Crippen LogP contribution in [-0.2, 0) is 6.42 Å². The average molecular weight is 283 g/mol. The quantitative estimate of drug-likeness (QED) is 0.682. The van der Waals surface area contributed by atoms with E-state index in [1.54, 1.807) is 11.3 Å². The van der Waals surface area contributed by atoms with Crippen LogP contribution in [0.3, 0.4) is 0 Å². The molecule has 0 radical (unpaired) electrons. The number of benzene rings is 1. The van der Waals surface area contributed by atoms with Gasteiger partial charge in [-0.3, -0.25) is 4.79 Å². The van der Waals surface area contributed by atoms with Crippen LogP contribution in [0.2, 0.25) is 0 Å². The second kappa shape index (κ2) is 4.91. The van der Waals surface area contributed by atoms with Crippen molar-refractivity contribution in [1.82, 2.24) is 4.98 Å². The number of thiophene rings is 1. The molecular weight excluding hydrogens is 266 g/mol. The molecule has 3 heteroatoms. The number of aryl methyl sites for hydroxylation is 3. The van der Waals surface area contributed by atoms with Gasteiger partial charge in [-0.1, -0.05) is 19.1 Å². The van der Waals surface area contributed by atoms with E-state index in [1.165, 1.54) is 10.4 Å². The van der Waals surface area contributed by atoms with E-state index in [1.807, 2.05) is 0 Å². The second-order valence-corrected chi connectivity index (χ2v) is 6.27. The van der Waals surface area contributed by atoms with Gasteiger partial charge in [0.25, 0.3) is 0 Å². The minimum Gasteiger partial charge on any atom is -0.353 e. The lowest BCUT2D eigenvalue weighted by Crippen LogP contribution is -1.84. The molecule has 0 unspecified atom stereocenters. The van der Waals surface area contributed by atoms with Crippen LogP contribution in [-0.4, -0.2) is 11.3 Å². The molecule has 0 bridgehead atoms. The Labute approximate surface area is 122 Å². The zero-order valence-corrected chi connectivity index (χ0v) is 12.7. The molecule has 2 nitrogen and oxygen atoms in total. The molecule has 20 heavy (non-hydrogen) atoms. The van der Waals surface area contributed by atoms with Crippen LogP contribution in [0.15, 0.2) is 24.3 Å². The van der Waals surface area contributed by atoms with Crippen molar-refractivity contribution in [3.63, 3.8) is 0 Å². The molecule has 0 aliphatic carbocycles. The Morgan fingerprint density at radius 3 is 2.55 bits per heavy atom. The largest absolute Gasteiger partial charge is 0.353 e. The van der Waals surface area contributed by atoms with Crippen molar-refractivity contribution in [2.75, 3.05) is 0 Å². The van der Waals surface area contributed by atoms with Crippen LogP contribution in [0.4, 0.5) is 0 Å². The number of hydrogen-bond acceptors (Lipinski definition) is 2. The molecule has 3 rings (SSSR count). The van der Waals surface area contributed by atoms with Gasteiger partial charge in [-0.25, -0.2) is 0 Å². The van der Waals surface area contributed by atoms with Gasteiger partial charge in [0.05, 0.1) is 10.6 Å². The lowest BCUT2D eigenvalue weighted by molar-refractivity contribution is 0.112. The molecule has 1 N–H and O–H groups in total.